The van der Waals surface area contributed by atoms with Crippen molar-refractivity contribution < 1.29 is 23.9 Å². The molecule has 2 fully saturated rings. The lowest BCUT2D eigenvalue weighted by molar-refractivity contribution is -0.144. The molecule has 2 aromatic heterocycles. The van der Waals surface area contributed by atoms with E-state index in [2.05, 4.69) is 15.3 Å². The van der Waals surface area contributed by atoms with Crippen LogP contribution in [0.3, 0.4) is 0 Å². The molecule has 3 amide bonds. The van der Waals surface area contributed by atoms with E-state index in [9.17, 15) is 19.5 Å². The van der Waals surface area contributed by atoms with E-state index in [4.69, 9.17) is 9.40 Å². The summed E-state index contributed by atoms with van der Waals surface area (Å²) >= 11 is 0. The fourth-order valence-electron chi connectivity index (χ4n) is 7.30. The summed E-state index contributed by atoms with van der Waals surface area (Å²) < 4.78 is 6.20. The van der Waals surface area contributed by atoms with Crippen LogP contribution < -0.4 is 5.32 Å². The number of nitrogens with one attached hydrogen (secondary N) is 2. The van der Waals surface area contributed by atoms with Gasteiger partial charge in [-0.2, -0.15) is 0 Å². The molecule has 0 aliphatic carbocycles. The zero-order valence-electron chi connectivity index (χ0n) is 28.4. The minimum atomic E-state index is -1.33. The third-order valence-electron chi connectivity index (χ3n) is 9.94. The Morgan fingerprint density at radius 2 is 1.63 bits per heavy atom. The third kappa shape index (κ3) is 6.70. The van der Waals surface area contributed by atoms with Gasteiger partial charge in [-0.3, -0.25) is 14.4 Å². The Kier molecular flexibility index (Phi) is 9.09. The molecule has 2 aliphatic heterocycles. The molecule has 4 heterocycles. The molecule has 2 saturated heterocycles. The van der Waals surface area contributed by atoms with Crippen LogP contribution >= 0.6 is 0 Å². The Morgan fingerprint density at radius 3 is 2.46 bits per heavy atom. The lowest BCUT2D eigenvalue weighted by atomic mass is 10.1. The van der Waals surface area contributed by atoms with Crippen molar-refractivity contribution in [1.29, 1.82) is 0 Å². The molecule has 2 aliphatic rings. The fraction of sp³-hybridized carbons (Fsp3) is 0.244. The average Bonchev–Trinajstić information content (AvgIpc) is 4.01. The van der Waals surface area contributed by atoms with E-state index in [0.29, 0.717) is 60.8 Å². The van der Waals surface area contributed by atoms with Crippen LogP contribution in [0.2, 0.25) is 0 Å². The average molecular weight is 695 g/mol. The van der Waals surface area contributed by atoms with Crippen LogP contribution in [0.25, 0.3) is 33.8 Å². The number of oxazole rings is 1. The zero-order valence-corrected chi connectivity index (χ0v) is 28.4. The Bertz CT molecular complexity index is 2230. The van der Waals surface area contributed by atoms with Gasteiger partial charge in [-0.05, 0) is 73.2 Å². The highest BCUT2D eigenvalue weighted by Crippen LogP contribution is 2.34. The number of fused-ring (bicyclic) bond motifs is 1. The first-order valence-electron chi connectivity index (χ1n) is 17.7. The van der Waals surface area contributed by atoms with Crippen LogP contribution in [-0.4, -0.2) is 66.7 Å². The summed E-state index contributed by atoms with van der Waals surface area (Å²) in [6, 6.07) is 30.8. The summed E-state index contributed by atoms with van der Waals surface area (Å²) in [7, 11) is 0. The highest BCUT2D eigenvalue weighted by atomic mass is 16.4. The van der Waals surface area contributed by atoms with Crippen LogP contribution in [-0.2, 0) is 20.8 Å². The van der Waals surface area contributed by atoms with E-state index in [-0.39, 0.29) is 17.9 Å². The maximum absolute atomic E-state index is 13.4. The Balaban J connectivity index is 0.946. The number of carbonyl (C=O) groups excluding carboxylic acids is 3. The molecule has 8 rings (SSSR count). The molecule has 0 radical (unpaired) electrons. The number of benzene rings is 4. The third-order valence-corrected chi connectivity index (χ3v) is 9.94. The number of hydrogen-bond acceptors (Lipinski definition) is 7. The molecule has 262 valence electrons. The SMILES string of the molecule is O=C(Nc1cccc(-c2ncc(-c3ccc4nc([C@@H]5CCCN5C(=O)Cc5ccccc5)[nH]c4c3)o2)c1)[C@@H]1CCCN1C(=O)[C@H](O)c1ccccc1. The summed E-state index contributed by atoms with van der Waals surface area (Å²) in [6.07, 6.45) is 3.67. The van der Waals surface area contributed by atoms with Crippen LogP contribution in [0.15, 0.2) is 114 Å². The second-order valence-corrected chi connectivity index (χ2v) is 13.4. The molecule has 11 heteroatoms. The van der Waals surface area contributed by atoms with Crippen molar-refractivity contribution in [2.24, 2.45) is 0 Å². The van der Waals surface area contributed by atoms with Gasteiger partial charge in [0.05, 0.1) is 29.7 Å². The Labute approximate surface area is 300 Å². The first-order valence-corrected chi connectivity index (χ1v) is 17.7. The lowest BCUT2D eigenvalue weighted by Crippen LogP contribution is -2.45. The van der Waals surface area contributed by atoms with Crippen molar-refractivity contribution in [3.8, 4) is 22.8 Å². The zero-order chi connectivity index (χ0) is 35.6. The summed E-state index contributed by atoms with van der Waals surface area (Å²) in [5, 5.41) is 13.6. The van der Waals surface area contributed by atoms with Gasteiger partial charge in [-0.25, -0.2) is 9.97 Å². The first kappa shape index (κ1) is 33.1. The van der Waals surface area contributed by atoms with Crippen LogP contribution in [0.4, 0.5) is 5.69 Å². The van der Waals surface area contributed by atoms with Gasteiger partial charge in [0.25, 0.3) is 5.91 Å². The van der Waals surface area contributed by atoms with Crippen LogP contribution in [0, 0.1) is 0 Å². The van der Waals surface area contributed by atoms with Gasteiger partial charge in [0.15, 0.2) is 11.9 Å². The van der Waals surface area contributed by atoms with E-state index in [1.165, 1.54) is 4.90 Å². The molecule has 52 heavy (non-hydrogen) atoms. The van der Waals surface area contributed by atoms with Gasteiger partial charge in [-0.1, -0.05) is 66.7 Å². The van der Waals surface area contributed by atoms with Crippen LogP contribution in [0.1, 0.15) is 54.8 Å². The molecule has 0 unspecified atom stereocenters. The van der Waals surface area contributed by atoms with E-state index < -0.39 is 18.1 Å². The molecule has 11 nitrogen and oxygen atoms in total. The number of likely N-dealkylation sites (tertiary alicyclic amines) is 2. The predicted octanol–water partition coefficient (Wildman–Crippen LogP) is 6.45. The van der Waals surface area contributed by atoms with Gasteiger partial charge in [0.2, 0.25) is 17.7 Å². The molecule has 3 atom stereocenters. The van der Waals surface area contributed by atoms with Crippen LogP contribution in [0.5, 0.6) is 0 Å². The van der Waals surface area contributed by atoms with Crippen molar-refractivity contribution in [1.82, 2.24) is 24.8 Å². The first-order chi connectivity index (χ1) is 25.4. The standard InChI is InChI=1S/C41H38N6O5/c48-36(22-26-10-3-1-4-11-26)46-20-8-16-33(46)38-44-31-19-18-28(24-32(31)45-38)35-25-42-40(52-35)29-14-7-15-30(23-29)43-39(50)34-17-9-21-47(34)41(51)37(49)27-12-5-2-6-13-27/h1-7,10-15,18-19,23-25,33-34,37,49H,8-9,16-17,20-22H2,(H,43,50)(H,44,45)/t33-,34-,37+/m0/s1. The number of carbonyl (C=O) groups is 3. The summed E-state index contributed by atoms with van der Waals surface area (Å²) in [4.78, 5) is 56.0. The van der Waals surface area contributed by atoms with E-state index in [0.717, 1.165) is 40.8 Å². The number of nitrogens with zero attached hydrogens (tertiary/aromatic N) is 4. The second kappa shape index (κ2) is 14.3. The van der Waals surface area contributed by atoms with Gasteiger partial charge < -0.3 is 29.6 Å². The highest BCUT2D eigenvalue weighted by molar-refractivity contribution is 5.98. The molecule has 6 aromatic rings. The quantitative estimate of drug-likeness (QED) is 0.158. The monoisotopic (exact) mass is 694 g/mol. The number of H-pyrrole nitrogens is 1. The fourth-order valence-corrected chi connectivity index (χ4v) is 7.30. The molecule has 4 aromatic carbocycles. The Morgan fingerprint density at radius 1 is 0.865 bits per heavy atom. The summed E-state index contributed by atoms with van der Waals surface area (Å²) in [5.74, 6) is 1.04. The lowest BCUT2D eigenvalue weighted by Gasteiger charge is -2.26. The number of aromatic amines is 1. The van der Waals surface area contributed by atoms with Gasteiger partial charge >= 0.3 is 0 Å². The van der Waals surface area contributed by atoms with Gasteiger partial charge in [-0.15, -0.1) is 0 Å². The number of amides is 3. The number of aliphatic hydroxyl groups is 1. The minimum absolute atomic E-state index is 0.0990. The summed E-state index contributed by atoms with van der Waals surface area (Å²) in [6.45, 7) is 1.11. The maximum atomic E-state index is 13.4. The van der Waals surface area contributed by atoms with Gasteiger partial charge in [0.1, 0.15) is 11.9 Å². The number of imidazole rings is 1. The van der Waals surface area contributed by atoms with Crippen molar-refractivity contribution in [3.63, 3.8) is 0 Å². The molecular formula is C41H38N6O5. The smallest absolute Gasteiger partial charge is 0.256 e. The number of aromatic nitrogens is 3. The number of hydrogen-bond donors (Lipinski definition) is 3. The van der Waals surface area contributed by atoms with Crippen molar-refractivity contribution in [3.05, 3.63) is 126 Å². The highest BCUT2D eigenvalue weighted by Gasteiger charge is 2.37. The van der Waals surface area contributed by atoms with Gasteiger partial charge in [0, 0.05) is 29.9 Å². The molecular weight excluding hydrogens is 656 g/mol. The topological polar surface area (TPSA) is 145 Å². The summed E-state index contributed by atoms with van der Waals surface area (Å²) in [5.41, 5.74) is 5.18. The molecule has 3 N–H and O–H groups in total. The van der Waals surface area contributed by atoms with E-state index in [1.54, 1.807) is 48.7 Å². The Hall–Kier alpha value is -6.07. The second-order valence-electron chi connectivity index (χ2n) is 13.4. The van der Waals surface area contributed by atoms with Crippen molar-refractivity contribution >= 4 is 34.4 Å². The van der Waals surface area contributed by atoms with E-state index >= 15 is 0 Å². The number of rotatable bonds is 9. The maximum Gasteiger partial charge on any atom is 0.256 e. The number of anilines is 1. The molecule has 0 spiro atoms. The van der Waals surface area contributed by atoms with Crippen molar-refractivity contribution in [2.75, 3.05) is 18.4 Å². The molecule has 0 saturated carbocycles. The molecule has 0 bridgehead atoms. The normalized spacial score (nSPS) is 17.8. The van der Waals surface area contributed by atoms with Crippen molar-refractivity contribution in [2.45, 2.75) is 50.3 Å². The number of aliphatic hydroxyl groups excluding tert-OH is 1. The minimum Gasteiger partial charge on any atom is -0.436 e. The van der Waals surface area contributed by atoms with E-state index in [1.807, 2.05) is 65.6 Å². The predicted molar refractivity (Wildman–Crippen MR) is 196 cm³/mol. The largest absolute Gasteiger partial charge is 0.436 e.